The van der Waals surface area contributed by atoms with Gasteiger partial charge in [-0.25, -0.2) is 4.39 Å². The van der Waals surface area contributed by atoms with E-state index in [1.807, 2.05) is 48.8 Å². The Hall–Kier alpha value is -1.11. The van der Waals surface area contributed by atoms with Crippen molar-refractivity contribution >= 4 is 28.3 Å². The molecule has 0 saturated heterocycles. The maximum absolute atomic E-state index is 13.3. The molecule has 0 aliphatic rings. The number of rotatable bonds is 3. The number of anilines is 1. The summed E-state index contributed by atoms with van der Waals surface area (Å²) in [5.74, 6) is -0.196. The van der Waals surface area contributed by atoms with Crippen molar-refractivity contribution in [1.82, 2.24) is 9.78 Å². The van der Waals surface area contributed by atoms with E-state index in [4.69, 9.17) is 0 Å². The van der Waals surface area contributed by atoms with Gasteiger partial charge in [-0.1, -0.05) is 6.07 Å². The van der Waals surface area contributed by atoms with Gasteiger partial charge in [-0.3, -0.25) is 4.68 Å². The molecule has 17 heavy (non-hydrogen) atoms. The minimum Gasteiger partial charge on any atom is -0.380 e. The van der Waals surface area contributed by atoms with Crippen molar-refractivity contribution in [3.63, 3.8) is 0 Å². The maximum atomic E-state index is 13.3. The first-order chi connectivity index (χ1) is 8.08. The van der Waals surface area contributed by atoms with E-state index in [0.717, 1.165) is 16.9 Å². The van der Waals surface area contributed by atoms with E-state index in [-0.39, 0.29) is 5.82 Å². The second kappa shape index (κ2) is 5.03. The summed E-state index contributed by atoms with van der Waals surface area (Å²) in [6.45, 7) is 2.62. The largest absolute Gasteiger partial charge is 0.380 e. The molecule has 0 fully saturated rings. The molecule has 0 aliphatic heterocycles. The van der Waals surface area contributed by atoms with Gasteiger partial charge in [0.2, 0.25) is 0 Å². The van der Waals surface area contributed by atoms with E-state index in [9.17, 15) is 4.39 Å². The lowest BCUT2D eigenvalue weighted by molar-refractivity contribution is 0.621. The summed E-state index contributed by atoms with van der Waals surface area (Å²) in [6, 6.07) is 5.04. The van der Waals surface area contributed by atoms with Crippen molar-refractivity contribution in [3.05, 3.63) is 45.0 Å². The summed E-state index contributed by atoms with van der Waals surface area (Å²) >= 11 is 2.00. The number of halogens is 2. The number of benzene rings is 1. The van der Waals surface area contributed by atoms with Gasteiger partial charge >= 0.3 is 0 Å². The van der Waals surface area contributed by atoms with Crippen LogP contribution >= 0.6 is 22.6 Å². The second-order valence-electron chi connectivity index (χ2n) is 3.87. The van der Waals surface area contributed by atoms with Crippen LogP contribution < -0.4 is 5.32 Å². The Labute approximate surface area is 113 Å². The fourth-order valence-corrected chi connectivity index (χ4v) is 2.20. The number of aryl methyl sites for hydroxylation is 2. The van der Waals surface area contributed by atoms with Crippen LogP contribution in [0.1, 0.15) is 11.3 Å². The van der Waals surface area contributed by atoms with Crippen molar-refractivity contribution < 1.29 is 4.39 Å². The van der Waals surface area contributed by atoms with Crippen LogP contribution in [0.25, 0.3) is 0 Å². The molecular formula is C12H13FIN3. The molecule has 0 radical (unpaired) electrons. The zero-order valence-corrected chi connectivity index (χ0v) is 11.8. The summed E-state index contributed by atoms with van der Waals surface area (Å²) in [4.78, 5) is 0. The van der Waals surface area contributed by atoms with E-state index < -0.39 is 0 Å². The normalized spacial score (nSPS) is 10.6. The van der Waals surface area contributed by atoms with Gasteiger partial charge in [0.15, 0.2) is 0 Å². The first kappa shape index (κ1) is 12.3. The lowest BCUT2D eigenvalue weighted by Gasteiger charge is -2.08. The van der Waals surface area contributed by atoms with Gasteiger partial charge in [0.05, 0.1) is 15.0 Å². The Morgan fingerprint density at radius 1 is 1.47 bits per heavy atom. The second-order valence-corrected chi connectivity index (χ2v) is 4.95. The standard InChI is InChI=1S/C12H13FIN3/c1-8-9(7-17(2)16-8)6-15-11-5-3-4-10(13)12(11)14/h3-5,7,15H,6H2,1-2H3. The molecule has 0 aliphatic carbocycles. The van der Waals surface area contributed by atoms with E-state index in [1.165, 1.54) is 6.07 Å². The zero-order valence-electron chi connectivity index (χ0n) is 9.67. The quantitative estimate of drug-likeness (QED) is 0.867. The molecule has 2 aromatic rings. The molecule has 1 aromatic carbocycles. The van der Waals surface area contributed by atoms with E-state index in [1.54, 1.807) is 10.7 Å². The Balaban J connectivity index is 2.12. The SMILES string of the molecule is Cc1nn(C)cc1CNc1cccc(F)c1I. The monoisotopic (exact) mass is 345 g/mol. The van der Waals surface area contributed by atoms with Crippen molar-refractivity contribution in [2.75, 3.05) is 5.32 Å². The number of hydrogen-bond donors (Lipinski definition) is 1. The molecule has 90 valence electrons. The van der Waals surface area contributed by atoms with Gasteiger partial charge in [-0.15, -0.1) is 0 Å². The smallest absolute Gasteiger partial charge is 0.138 e. The summed E-state index contributed by atoms with van der Waals surface area (Å²) in [6.07, 6.45) is 1.97. The van der Waals surface area contributed by atoms with Crippen LogP contribution in [0.15, 0.2) is 24.4 Å². The molecule has 0 spiro atoms. The summed E-state index contributed by atoms with van der Waals surface area (Å²) < 4.78 is 15.7. The first-order valence-electron chi connectivity index (χ1n) is 5.25. The molecule has 2 rings (SSSR count). The van der Waals surface area contributed by atoms with Crippen LogP contribution in [0.3, 0.4) is 0 Å². The van der Waals surface area contributed by atoms with Gasteiger partial charge in [0, 0.05) is 25.4 Å². The first-order valence-corrected chi connectivity index (χ1v) is 6.33. The van der Waals surface area contributed by atoms with Crippen molar-refractivity contribution in [1.29, 1.82) is 0 Å². The molecule has 5 heteroatoms. The summed E-state index contributed by atoms with van der Waals surface area (Å²) in [5, 5.41) is 7.49. The molecule has 0 bridgehead atoms. The molecule has 0 unspecified atom stereocenters. The highest BCUT2D eigenvalue weighted by Gasteiger charge is 2.06. The molecule has 1 aromatic heterocycles. The van der Waals surface area contributed by atoms with Crippen molar-refractivity contribution in [2.45, 2.75) is 13.5 Å². The van der Waals surface area contributed by atoms with Crippen LogP contribution in [0.5, 0.6) is 0 Å². The molecule has 0 amide bonds. The Bertz CT molecular complexity index is 537. The van der Waals surface area contributed by atoms with Crippen LogP contribution in [0.4, 0.5) is 10.1 Å². The molecular weight excluding hydrogens is 332 g/mol. The highest BCUT2D eigenvalue weighted by Crippen LogP contribution is 2.21. The Morgan fingerprint density at radius 3 is 2.88 bits per heavy atom. The Morgan fingerprint density at radius 2 is 2.24 bits per heavy atom. The lowest BCUT2D eigenvalue weighted by atomic mass is 10.2. The minimum absolute atomic E-state index is 0.196. The van der Waals surface area contributed by atoms with Crippen molar-refractivity contribution in [2.24, 2.45) is 7.05 Å². The third-order valence-electron chi connectivity index (χ3n) is 2.54. The zero-order chi connectivity index (χ0) is 12.4. The molecule has 0 atom stereocenters. The van der Waals surface area contributed by atoms with Crippen LogP contribution in [-0.4, -0.2) is 9.78 Å². The average Bonchev–Trinajstić information content (AvgIpc) is 2.60. The maximum Gasteiger partial charge on any atom is 0.138 e. The minimum atomic E-state index is -0.196. The molecule has 3 nitrogen and oxygen atoms in total. The average molecular weight is 345 g/mol. The third-order valence-corrected chi connectivity index (χ3v) is 3.63. The van der Waals surface area contributed by atoms with Crippen LogP contribution in [0, 0.1) is 16.3 Å². The van der Waals surface area contributed by atoms with Crippen LogP contribution in [0.2, 0.25) is 0 Å². The lowest BCUT2D eigenvalue weighted by Crippen LogP contribution is -2.02. The van der Waals surface area contributed by atoms with E-state index in [0.29, 0.717) is 10.1 Å². The third kappa shape index (κ3) is 2.77. The molecule has 1 N–H and O–H groups in total. The van der Waals surface area contributed by atoms with Crippen molar-refractivity contribution in [3.8, 4) is 0 Å². The highest BCUT2D eigenvalue weighted by molar-refractivity contribution is 14.1. The van der Waals surface area contributed by atoms with E-state index >= 15 is 0 Å². The summed E-state index contributed by atoms with van der Waals surface area (Å²) in [7, 11) is 1.89. The van der Waals surface area contributed by atoms with Crippen LogP contribution in [-0.2, 0) is 13.6 Å². The molecule has 0 saturated carbocycles. The number of aromatic nitrogens is 2. The summed E-state index contributed by atoms with van der Waals surface area (Å²) in [5.41, 5.74) is 2.92. The number of hydrogen-bond acceptors (Lipinski definition) is 2. The van der Waals surface area contributed by atoms with E-state index in [2.05, 4.69) is 10.4 Å². The van der Waals surface area contributed by atoms with Gasteiger partial charge < -0.3 is 5.32 Å². The fourth-order valence-electron chi connectivity index (χ4n) is 1.65. The highest BCUT2D eigenvalue weighted by atomic mass is 127. The van der Waals surface area contributed by atoms with Gasteiger partial charge in [-0.05, 0) is 41.6 Å². The topological polar surface area (TPSA) is 29.9 Å². The predicted octanol–water partition coefficient (Wildman–Crippen LogP) is 3.08. The fraction of sp³-hybridized carbons (Fsp3) is 0.250. The van der Waals surface area contributed by atoms with Gasteiger partial charge in [0.1, 0.15) is 5.82 Å². The predicted molar refractivity (Wildman–Crippen MR) is 74.4 cm³/mol. The van der Waals surface area contributed by atoms with Gasteiger partial charge in [0.25, 0.3) is 0 Å². The number of nitrogens with zero attached hydrogens (tertiary/aromatic N) is 2. The van der Waals surface area contributed by atoms with Gasteiger partial charge in [-0.2, -0.15) is 5.10 Å². The Kier molecular flexibility index (Phi) is 3.66. The molecule has 1 heterocycles. The number of nitrogens with one attached hydrogen (secondary N) is 1.